The average molecular weight is 338 g/mol. The van der Waals surface area contributed by atoms with E-state index < -0.39 is 0 Å². The van der Waals surface area contributed by atoms with Gasteiger partial charge in [-0.25, -0.2) is 0 Å². The molecule has 3 heteroatoms. The second-order valence-corrected chi connectivity index (χ2v) is 6.15. The Kier molecular flexibility index (Phi) is 7.93. The van der Waals surface area contributed by atoms with Crippen LogP contribution in [0.5, 0.6) is 0 Å². The van der Waals surface area contributed by atoms with E-state index in [1.807, 2.05) is 48.5 Å². The number of carbonyl (C=O) groups excluding carboxylic acids is 1. The zero-order chi connectivity index (χ0) is 17.9. The molecule has 25 heavy (non-hydrogen) atoms. The molecule has 0 radical (unpaired) electrons. The third-order valence-electron chi connectivity index (χ3n) is 3.79. The smallest absolute Gasteiger partial charge is 0.303 e. The van der Waals surface area contributed by atoms with E-state index in [0.717, 1.165) is 5.56 Å². The molecule has 0 amide bonds. The summed E-state index contributed by atoms with van der Waals surface area (Å²) in [6.45, 7) is 4.85. The van der Waals surface area contributed by atoms with Crippen molar-refractivity contribution < 1.29 is 14.3 Å². The lowest BCUT2D eigenvalue weighted by molar-refractivity contribution is -0.146. The fourth-order valence-corrected chi connectivity index (χ4v) is 2.55. The van der Waals surface area contributed by atoms with Gasteiger partial charge in [0.15, 0.2) is 0 Å². The maximum atomic E-state index is 11.3. The molecule has 0 N–H and O–H groups in total. The normalized spacial score (nSPS) is 13.5. The van der Waals surface area contributed by atoms with Crippen molar-refractivity contribution in [2.75, 3.05) is 6.61 Å². The van der Waals surface area contributed by atoms with Crippen LogP contribution in [0.4, 0.5) is 0 Å². The maximum absolute atomic E-state index is 11.3. The molecule has 3 nitrogen and oxygen atoms in total. The van der Waals surface area contributed by atoms with Crippen LogP contribution in [0.25, 0.3) is 0 Å². The lowest BCUT2D eigenvalue weighted by Gasteiger charge is -2.16. The Hall–Kier alpha value is -2.39. The number of hydrogen-bond acceptors (Lipinski definition) is 3. The van der Waals surface area contributed by atoms with E-state index in [1.54, 1.807) is 0 Å². The Bertz CT molecular complexity index is 649. The minimum atomic E-state index is -0.263. The first-order chi connectivity index (χ1) is 12.1. The van der Waals surface area contributed by atoms with Gasteiger partial charge in [0, 0.05) is 13.3 Å². The van der Waals surface area contributed by atoms with Crippen LogP contribution in [0.3, 0.4) is 0 Å². The van der Waals surface area contributed by atoms with E-state index in [2.05, 4.69) is 31.2 Å². The first kappa shape index (κ1) is 18.9. The van der Waals surface area contributed by atoms with Crippen LogP contribution in [-0.2, 0) is 20.9 Å². The van der Waals surface area contributed by atoms with E-state index in [1.165, 1.54) is 12.5 Å². The number of benzene rings is 2. The summed E-state index contributed by atoms with van der Waals surface area (Å²) < 4.78 is 11.2. The second kappa shape index (κ2) is 10.5. The van der Waals surface area contributed by atoms with Crippen LogP contribution in [0.1, 0.15) is 37.5 Å². The zero-order valence-electron chi connectivity index (χ0n) is 14.9. The Morgan fingerprint density at radius 2 is 1.68 bits per heavy atom. The lowest BCUT2D eigenvalue weighted by atomic mass is 10.0. The predicted octanol–water partition coefficient (Wildman–Crippen LogP) is 5.09. The van der Waals surface area contributed by atoms with Crippen molar-refractivity contribution in [3.63, 3.8) is 0 Å². The summed E-state index contributed by atoms with van der Waals surface area (Å²) in [4.78, 5) is 11.3. The van der Waals surface area contributed by atoms with E-state index in [9.17, 15) is 4.79 Å². The molecule has 0 aliphatic heterocycles. The molecule has 0 heterocycles. The van der Waals surface area contributed by atoms with Crippen molar-refractivity contribution in [1.29, 1.82) is 0 Å². The van der Waals surface area contributed by atoms with Crippen LogP contribution in [0.2, 0.25) is 0 Å². The van der Waals surface area contributed by atoms with E-state index in [0.29, 0.717) is 25.6 Å². The Labute approximate surface area is 150 Å². The summed E-state index contributed by atoms with van der Waals surface area (Å²) in [5.41, 5.74) is 2.19. The Balaban J connectivity index is 1.79. The second-order valence-electron chi connectivity index (χ2n) is 6.15. The van der Waals surface area contributed by atoms with Crippen molar-refractivity contribution >= 4 is 5.97 Å². The van der Waals surface area contributed by atoms with Crippen molar-refractivity contribution in [2.24, 2.45) is 5.92 Å². The van der Waals surface area contributed by atoms with Gasteiger partial charge in [-0.05, 0) is 17.0 Å². The molecule has 2 aromatic carbocycles. The van der Waals surface area contributed by atoms with Gasteiger partial charge < -0.3 is 9.47 Å². The number of esters is 1. The number of hydrogen-bond donors (Lipinski definition) is 0. The molecule has 0 aliphatic rings. The molecule has 2 aromatic rings. The van der Waals surface area contributed by atoms with Gasteiger partial charge in [-0.3, -0.25) is 4.79 Å². The SMILES string of the molecule is CC(=O)O[C@@H](C/C=C\[C@@H](C)COCc1ccccc1)c1ccccc1. The number of carbonyl (C=O) groups is 1. The maximum Gasteiger partial charge on any atom is 0.303 e. The van der Waals surface area contributed by atoms with Crippen LogP contribution in [0.15, 0.2) is 72.8 Å². The molecular weight excluding hydrogens is 312 g/mol. The van der Waals surface area contributed by atoms with E-state index in [-0.39, 0.29) is 12.1 Å². The zero-order valence-corrected chi connectivity index (χ0v) is 14.9. The minimum Gasteiger partial charge on any atom is -0.457 e. The van der Waals surface area contributed by atoms with E-state index >= 15 is 0 Å². The van der Waals surface area contributed by atoms with Gasteiger partial charge >= 0.3 is 5.97 Å². The first-order valence-electron chi connectivity index (χ1n) is 8.65. The van der Waals surface area contributed by atoms with Crippen LogP contribution in [-0.4, -0.2) is 12.6 Å². The highest BCUT2D eigenvalue weighted by molar-refractivity contribution is 5.66. The third kappa shape index (κ3) is 7.36. The Morgan fingerprint density at radius 3 is 2.32 bits per heavy atom. The summed E-state index contributed by atoms with van der Waals surface area (Å²) >= 11 is 0. The van der Waals surface area contributed by atoms with Crippen molar-refractivity contribution in [2.45, 2.75) is 33.0 Å². The summed E-state index contributed by atoms with van der Waals surface area (Å²) in [5, 5.41) is 0. The quantitative estimate of drug-likeness (QED) is 0.472. The van der Waals surface area contributed by atoms with Crippen LogP contribution < -0.4 is 0 Å². The number of ether oxygens (including phenoxy) is 2. The summed E-state index contributed by atoms with van der Waals surface area (Å²) in [5.74, 6) is 0.0407. The molecular formula is C22H26O3. The monoisotopic (exact) mass is 338 g/mol. The van der Waals surface area contributed by atoms with Gasteiger partial charge in [0.1, 0.15) is 6.10 Å². The first-order valence-corrected chi connectivity index (χ1v) is 8.65. The standard InChI is InChI=1S/C22H26O3/c1-18(16-24-17-20-11-5-3-6-12-20)10-9-15-22(25-19(2)23)21-13-7-4-8-14-21/h3-14,18,22H,15-17H2,1-2H3/b10-9-/t18-,22+/m1/s1. The highest BCUT2D eigenvalue weighted by Gasteiger charge is 2.12. The van der Waals surface area contributed by atoms with Gasteiger partial charge in [-0.2, -0.15) is 0 Å². The molecule has 0 saturated heterocycles. The molecule has 0 bridgehead atoms. The minimum absolute atomic E-state index is 0.243. The van der Waals surface area contributed by atoms with Gasteiger partial charge in [-0.15, -0.1) is 0 Å². The van der Waals surface area contributed by atoms with Crippen molar-refractivity contribution in [3.8, 4) is 0 Å². The topological polar surface area (TPSA) is 35.5 Å². The average Bonchev–Trinajstić information content (AvgIpc) is 2.62. The number of rotatable bonds is 9. The molecule has 0 aliphatic carbocycles. The van der Waals surface area contributed by atoms with Gasteiger partial charge in [0.25, 0.3) is 0 Å². The van der Waals surface area contributed by atoms with E-state index in [4.69, 9.17) is 9.47 Å². The third-order valence-corrected chi connectivity index (χ3v) is 3.79. The van der Waals surface area contributed by atoms with Crippen molar-refractivity contribution in [1.82, 2.24) is 0 Å². The molecule has 132 valence electrons. The van der Waals surface area contributed by atoms with Crippen LogP contribution in [0, 0.1) is 5.92 Å². The van der Waals surface area contributed by atoms with Gasteiger partial charge in [-0.1, -0.05) is 79.7 Å². The lowest BCUT2D eigenvalue weighted by Crippen LogP contribution is -2.08. The predicted molar refractivity (Wildman–Crippen MR) is 100.0 cm³/mol. The molecule has 0 unspecified atom stereocenters. The summed E-state index contributed by atoms with van der Waals surface area (Å²) in [6.07, 6.45) is 4.60. The largest absolute Gasteiger partial charge is 0.457 e. The van der Waals surface area contributed by atoms with Crippen LogP contribution >= 0.6 is 0 Å². The fourth-order valence-electron chi connectivity index (χ4n) is 2.55. The van der Waals surface area contributed by atoms with Crippen molar-refractivity contribution in [3.05, 3.63) is 83.9 Å². The van der Waals surface area contributed by atoms with Gasteiger partial charge in [0.05, 0.1) is 13.2 Å². The van der Waals surface area contributed by atoms with Gasteiger partial charge in [0.2, 0.25) is 0 Å². The molecule has 2 atom stereocenters. The molecule has 0 spiro atoms. The highest BCUT2D eigenvalue weighted by Crippen LogP contribution is 2.22. The summed E-state index contributed by atoms with van der Waals surface area (Å²) in [7, 11) is 0. The molecule has 0 aromatic heterocycles. The Morgan fingerprint density at radius 1 is 1.04 bits per heavy atom. The highest BCUT2D eigenvalue weighted by atomic mass is 16.5. The molecule has 0 saturated carbocycles. The fraction of sp³-hybridized carbons (Fsp3) is 0.318. The summed E-state index contributed by atoms with van der Waals surface area (Å²) in [6, 6.07) is 20.0. The molecule has 2 rings (SSSR count). The molecule has 0 fully saturated rings.